The summed E-state index contributed by atoms with van der Waals surface area (Å²) < 4.78 is 1.86. The van der Waals surface area contributed by atoms with E-state index in [1.165, 1.54) is 0 Å². The van der Waals surface area contributed by atoms with Gasteiger partial charge in [0.15, 0.2) is 11.5 Å². The first-order valence-corrected chi connectivity index (χ1v) is 9.21. The van der Waals surface area contributed by atoms with Crippen LogP contribution in [0.1, 0.15) is 25.1 Å². The number of aromatic nitrogens is 6. The Kier molecular flexibility index (Phi) is 3.65. The number of H-pyrrole nitrogens is 2. The van der Waals surface area contributed by atoms with Crippen LogP contribution in [0.15, 0.2) is 35.4 Å². The Morgan fingerprint density at radius 1 is 1.29 bits per heavy atom. The number of anilines is 1. The molecule has 0 bridgehead atoms. The molecule has 0 amide bonds. The summed E-state index contributed by atoms with van der Waals surface area (Å²) in [7, 11) is 0. The van der Waals surface area contributed by atoms with Crippen molar-refractivity contribution < 1.29 is 0 Å². The number of fused-ring (bicyclic) bond motifs is 3. The van der Waals surface area contributed by atoms with E-state index in [0.717, 1.165) is 40.9 Å². The van der Waals surface area contributed by atoms with Crippen LogP contribution in [-0.4, -0.2) is 42.8 Å². The Labute approximate surface area is 159 Å². The third kappa shape index (κ3) is 2.45. The van der Waals surface area contributed by atoms with E-state index in [1.807, 2.05) is 29.0 Å². The Hall–Kier alpha value is -3.67. The Balaban J connectivity index is 1.59. The molecule has 0 radical (unpaired) electrons. The molecular weight excluding hydrogens is 356 g/mol. The van der Waals surface area contributed by atoms with Gasteiger partial charge in [0.05, 0.1) is 23.3 Å². The van der Waals surface area contributed by atoms with Crippen LogP contribution in [0.4, 0.5) is 5.82 Å². The average Bonchev–Trinajstić information content (AvgIpc) is 3.32. The number of nitrogens with zero attached hydrogens (tertiary/aromatic N) is 6. The molecule has 5 rings (SSSR count). The van der Waals surface area contributed by atoms with Crippen molar-refractivity contribution >= 4 is 27.9 Å². The van der Waals surface area contributed by atoms with Crippen LogP contribution in [0.25, 0.3) is 22.1 Å². The molecule has 0 aliphatic carbocycles. The van der Waals surface area contributed by atoms with Gasteiger partial charge in [-0.05, 0) is 30.5 Å². The number of aromatic amines is 2. The van der Waals surface area contributed by atoms with Crippen LogP contribution in [0, 0.1) is 17.2 Å². The van der Waals surface area contributed by atoms with Crippen LogP contribution in [-0.2, 0) is 0 Å². The van der Waals surface area contributed by atoms with E-state index in [9.17, 15) is 4.79 Å². The van der Waals surface area contributed by atoms with Gasteiger partial charge in [-0.3, -0.25) is 4.57 Å². The number of piperidine rings is 1. The monoisotopic (exact) mass is 374 g/mol. The highest BCUT2D eigenvalue weighted by Crippen LogP contribution is 2.32. The van der Waals surface area contributed by atoms with Crippen molar-refractivity contribution in [3.05, 3.63) is 46.8 Å². The molecule has 1 fully saturated rings. The van der Waals surface area contributed by atoms with Gasteiger partial charge >= 0.3 is 5.69 Å². The maximum Gasteiger partial charge on any atom is 0.326 e. The molecule has 0 spiro atoms. The van der Waals surface area contributed by atoms with Crippen LogP contribution in [0.3, 0.4) is 0 Å². The van der Waals surface area contributed by atoms with E-state index < -0.39 is 0 Å². The summed E-state index contributed by atoms with van der Waals surface area (Å²) in [4.78, 5) is 25.4. The fourth-order valence-corrected chi connectivity index (χ4v) is 4.08. The van der Waals surface area contributed by atoms with Gasteiger partial charge < -0.3 is 14.9 Å². The highest BCUT2D eigenvalue weighted by Gasteiger charge is 2.31. The van der Waals surface area contributed by atoms with Crippen molar-refractivity contribution in [1.29, 1.82) is 5.26 Å². The lowest BCUT2D eigenvalue weighted by molar-refractivity contribution is 0.298. The molecule has 0 aromatic carbocycles. The third-order valence-corrected chi connectivity index (χ3v) is 5.60. The lowest BCUT2D eigenvalue weighted by atomic mass is 9.93. The normalized spacial score (nSPS) is 19.9. The summed E-state index contributed by atoms with van der Waals surface area (Å²) in [6.07, 6.45) is 4.46. The van der Waals surface area contributed by atoms with Gasteiger partial charge in [-0.2, -0.15) is 5.26 Å². The summed E-state index contributed by atoms with van der Waals surface area (Å²) in [5, 5.41) is 18.0. The quantitative estimate of drug-likeness (QED) is 0.553. The highest BCUT2D eigenvalue weighted by molar-refractivity contribution is 6.00. The van der Waals surface area contributed by atoms with Gasteiger partial charge in [-0.25, -0.2) is 9.78 Å². The zero-order chi connectivity index (χ0) is 19.3. The van der Waals surface area contributed by atoms with E-state index in [1.54, 1.807) is 12.3 Å². The summed E-state index contributed by atoms with van der Waals surface area (Å²) in [5.74, 6) is 1.04. The van der Waals surface area contributed by atoms with Crippen LogP contribution in [0.2, 0.25) is 0 Å². The predicted molar refractivity (Wildman–Crippen MR) is 104 cm³/mol. The topological polar surface area (TPSA) is 119 Å². The van der Waals surface area contributed by atoms with E-state index in [0.29, 0.717) is 18.2 Å². The predicted octanol–water partition coefficient (Wildman–Crippen LogP) is 1.96. The molecule has 9 heteroatoms. The average molecular weight is 374 g/mol. The maximum atomic E-state index is 12.9. The van der Waals surface area contributed by atoms with Crippen LogP contribution >= 0.6 is 0 Å². The molecule has 4 aromatic heterocycles. The second-order valence-electron chi connectivity index (χ2n) is 7.23. The number of imidazole rings is 1. The summed E-state index contributed by atoms with van der Waals surface area (Å²) in [5.41, 5.74) is 2.54. The van der Waals surface area contributed by atoms with Crippen molar-refractivity contribution in [1.82, 2.24) is 29.7 Å². The number of pyridine rings is 1. The molecule has 1 aliphatic heterocycles. The first-order valence-electron chi connectivity index (χ1n) is 9.21. The molecule has 1 aliphatic rings. The fraction of sp³-hybridized carbons (Fsp3) is 0.316. The number of nitrogens with one attached hydrogen (secondary N) is 2. The molecule has 28 heavy (non-hydrogen) atoms. The second-order valence-corrected chi connectivity index (χ2v) is 7.23. The number of nitriles is 1. The minimum absolute atomic E-state index is 0.0204. The number of rotatable bonds is 2. The summed E-state index contributed by atoms with van der Waals surface area (Å²) in [6, 6.07) is 7.40. The second kappa shape index (κ2) is 6.20. The van der Waals surface area contributed by atoms with Crippen LogP contribution in [0.5, 0.6) is 0 Å². The van der Waals surface area contributed by atoms with Gasteiger partial charge in [0, 0.05) is 24.7 Å². The van der Waals surface area contributed by atoms with Gasteiger partial charge in [0.25, 0.3) is 0 Å². The zero-order valence-electron chi connectivity index (χ0n) is 15.3. The first kappa shape index (κ1) is 16.5. The fourth-order valence-electron chi connectivity index (χ4n) is 4.08. The highest BCUT2D eigenvalue weighted by atomic mass is 16.1. The molecule has 0 saturated carbocycles. The lowest BCUT2D eigenvalue weighted by Gasteiger charge is -2.38. The molecule has 140 valence electrons. The smallest absolute Gasteiger partial charge is 0.326 e. The maximum absolute atomic E-state index is 12.9. The van der Waals surface area contributed by atoms with E-state index >= 15 is 0 Å². The zero-order valence-corrected chi connectivity index (χ0v) is 15.3. The Morgan fingerprint density at radius 2 is 2.18 bits per heavy atom. The van der Waals surface area contributed by atoms with Gasteiger partial charge in [-0.1, -0.05) is 6.92 Å². The Morgan fingerprint density at radius 3 is 2.96 bits per heavy atom. The number of hydrogen-bond acceptors (Lipinski definition) is 6. The van der Waals surface area contributed by atoms with Gasteiger partial charge in [-0.15, -0.1) is 10.2 Å². The molecule has 2 N–H and O–H groups in total. The Bertz CT molecular complexity index is 1260. The SMILES string of the molecule is CC1CCN(c2ccc(C#N)nn2)CC1n1c(=O)[nH]c2cnc3[nH]ccc3c21. The minimum Gasteiger partial charge on any atom is -0.353 e. The molecule has 5 heterocycles. The van der Waals surface area contributed by atoms with Crippen molar-refractivity contribution in [2.45, 2.75) is 19.4 Å². The summed E-state index contributed by atoms with van der Waals surface area (Å²) >= 11 is 0. The molecular formula is C19H18N8O. The molecule has 4 aromatic rings. The van der Waals surface area contributed by atoms with Crippen LogP contribution < -0.4 is 10.6 Å². The minimum atomic E-state index is -0.130. The number of hydrogen-bond donors (Lipinski definition) is 2. The van der Waals surface area contributed by atoms with E-state index in [2.05, 4.69) is 37.0 Å². The van der Waals surface area contributed by atoms with Crippen molar-refractivity contribution in [3.63, 3.8) is 0 Å². The van der Waals surface area contributed by atoms with E-state index in [-0.39, 0.29) is 11.7 Å². The summed E-state index contributed by atoms with van der Waals surface area (Å²) in [6.45, 7) is 3.65. The van der Waals surface area contributed by atoms with Crippen molar-refractivity contribution in [3.8, 4) is 6.07 Å². The first-order chi connectivity index (χ1) is 13.7. The molecule has 2 unspecified atom stereocenters. The van der Waals surface area contributed by atoms with Crippen molar-refractivity contribution in [2.75, 3.05) is 18.0 Å². The standard InChI is InChI=1S/C19H18N8O/c1-11-5-7-26(16-3-2-12(8-20)24-25-16)10-15(11)27-17-13-4-6-21-18(13)22-9-14(17)23-19(27)28/h2-4,6,9,11,15H,5,7,10H2,1H3,(H,21,22)(H,23,28). The van der Waals surface area contributed by atoms with Crippen molar-refractivity contribution in [2.24, 2.45) is 5.92 Å². The molecule has 2 atom stereocenters. The van der Waals surface area contributed by atoms with E-state index in [4.69, 9.17) is 5.26 Å². The van der Waals surface area contributed by atoms with Gasteiger partial charge in [0.1, 0.15) is 11.7 Å². The van der Waals surface area contributed by atoms with Gasteiger partial charge in [0.2, 0.25) is 0 Å². The third-order valence-electron chi connectivity index (χ3n) is 5.60. The molecule has 9 nitrogen and oxygen atoms in total. The lowest BCUT2D eigenvalue weighted by Crippen LogP contribution is -2.43. The molecule has 1 saturated heterocycles. The largest absolute Gasteiger partial charge is 0.353 e.